The van der Waals surface area contributed by atoms with Crippen LogP contribution < -0.4 is 5.32 Å². The normalized spacial score (nSPS) is 15.8. The van der Waals surface area contributed by atoms with Crippen LogP contribution in [0.4, 0.5) is 0 Å². The zero-order valence-electron chi connectivity index (χ0n) is 9.96. The van der Waals surface area contributed by atoms with E-state index in [2.05, 4.69) is 11.6 Å². The maximum atomic E-state index is 5.56. The van der Waals surface area contributed by atoms with E-state index in [1.54, 1.807) is 0 Å². The number of rotatable bonds is 11. The number of ether oxygens (including phenoxy) is 1. The lowest BCUT2D eigenvalue weighted by Gasteiger charge is -2.05. The van der Waals surface area contributed by atoms with Gasteiger partial charge in [-0.3, -0.25) is 0 Å². The van der Waals surface area contributed by atoms with Crippen molar-refractivity contribution >= 4 is 11.8 Å². The summed E-state index contributed by atoms with van der Waals surface area (Å²) in [7, 11) is 0. The summed E-state index contributed by atoms with van der Waals surface area (Å²) in [5, 5.41) is 3.46. The summed E-state index contributed by atoms with van der Waals surface area (Å²) in [5.41, 5.74) is 0. The summed E-state index contributed by atoms with van der Waals surface area (Å²) in [6, 6.07) is 0. The highest BCUT2D eigenvalue weighted by Crippen LogP contribution is 2.28. The monoisotopic (exact) mass is 231 g/mol. The fraction of sp³-hybridized carbons (Fsp3) is 1.00. The van der Waals surface area contributed by atoms with Gasteiger partial charge in [0.05, 0.1) is 0 Å². The molecule has 1 aliphatic carbocycles. The molecule has 0 spiro atoms. The molecule has 0 atom stereocenters. The van der Waals surface area contributed by atoms with E-state index in [1.165, 1.54) is 38.0 Å². The zero-order valence-corrected chi connectivity index (χ0v) is 10.8. The molecule has 1 saturated carbocycles. The summed E-state index contributed by atoms with van der Waals surface area (Å²) in [4.78, 5) is 0. The van der Waals surface area contributed by atoms with Crippen LogP contribution in [0, 0.1) is 5.92 Å². The van der Waals surface area contributed by atoms with Gasteiger partial charge in [-0.1, -0.05) is 0 Å². The number of hydrogen-bond acceptors (Lipinski definition) is 3. The van der Waals surface area contributed by atoms with Crippen LogP contribution in [0.25, 0.3) is 0 Å². The van der Waals surface area contributed by atoms with Gasteiger partial charge < -0.3 is 10.1 Å². The van der Waals surface area contributed by atoms with E-state index < -0.39 is 0 Å². The molecule has 0 bridgehead atoms. The van der Waals surface area contributed by atoms with Crippen molar-refractivity contribution in [3.63, 3.8) is 0 Å². The van der Waals surface area contributed by atoms with Crippen LogP contribution in [-0.2, 0) is 4.74 Å². The molecule has 0 amide bonds. The molecular weight excluding hydrogens is 206 g/mol. The van der Waals surface area contributed by atoms with Gasteiger partial charge in [-0.15, -0.1) is 0 Å². The Morgan fingerprint density at radius 2 is 2.00 bits per heavy atom. The van der Waals surface area contributed by atoms with Crippen molar-refractivity contribution in [2.45, 2.75) is 32.1 Å². The predicted octanol–water partition coefficient (Wildman–Crippen LogP) is 2.54. The van der Waals surface area contributed by atoms with Crippen LogP contribution in [0.2, 0.25) is 0 Å². The maximum Gasteiger partial charge on any atom is 0.0494 e. The van der Waals surface area contributed by atoms with E-state index in [1.807, 2.05) is 11.8 Å². The Kier molecular flexibility index (Phi) is 8.44. The summed E-state index contributed by atoms with van der Waals surface area (Å²) in [5.74, 6) is 2.20. The van der Waals surface area contributed by atoms with E-state index in [9.17, 15) is 0 Å². The van der Waals surface area contributed by atoms with Crippen LogP contribution in [0.3, 0.4) is 0 Å². The van der Waals surface area contributed by atoms with E-state index in [0.717, 1.165) is 32.1 Å². The minimum Gasteiger partial charge on any atom is -0.381 e. The molecule has 0 saturated heterocycles. The van der Waals surface area contributed by atoms with Crippen LogP contribution >= 0.6 is 11.8 Å². The molecule has 0 aromatic heterocycles. The molecule has 0 aliphatic heterocycles. The van der Waals surface area contributed by atoms with Gasteiger partial charge in [0.15, 0.2) is 0 Å². The molecule has 0 radical (unpaired) electrons. The molecule has 0 aromatic rings. The van der Waals surface area contributed by atoms with Gasteiger partial charge in [-0.25, -0.2) is 0 Å². The summed E-state index contributed by atoms with van der Waals surface area (Å²) in [6.07, 6.45) is 8.78. The smallest absolute Gasteiger partial charge is 0.0494 e. The first-order valence-electron chi connectivity index (χ1n) is 6.21. The van der Waals surface area contributed by atoms with Gasteiger partial charge in [0, 0.05) is 13.2 Å². The lowest BCUT2D eigenvalue weighted by Crippen LogP contribution is -2.18. The Labute approximate surface area is 98.5 Å². The molecule has 3 heteroatoms. The maximum absolute atomic E-state index is 5.56. The molecule has 1 rings (SSSR count). The molecule has 90 valence electrons. The van der Waals surface area contributed by atoms with Gasteiger partial charge in [-0.2, -0.15) is 11.8 Å². The van der Waals surface area contributed by atoms with Gasteiger partial charge in [-0.05, 0) is 63.1 Å². The third-order valence-electron chi connectivity index (χ3n) is 2.64. The van der Waals surface area contributed by atoms with Crippen LogP contribution in [0.15, 0.2) is 0 Å². The summed E-state index contributed by atoms with van der Waals surface area (Å²) < 4.78 is 5.56. The van der Waals surface area contributed by atoms with Crippen molar-refractivity contribution in [3.8, 4) is 0 Å². The molecule has 0 unspecified atom stereocenters. The van der Waals surface area contributed by atoms with E-state index >= 15 is 0 Å². The van der Waals surface area contributed by atoms with E-state index in [4.69, 9.17) is 4.74 Å². The molecule has 1 aliphatic rings. The Morgan fingerprint density at radius 3 is 2.73 bits per heavy atom. The largest absolute Gasteiger partial charge is 0.381 e. The quantitative estimate of drug-likeness (QED) is 0.552. The van der Waals surface area contributed by atoms with Crippen LogP contribution in [0.5, 0.6) is 0 Å². The number of thioether (sulfide) groups is 1. The molecule has 0 heterocycles. The van der Waals surface area contributed by atoms with E-state index in [0.29, 0.717) is 0 Å². The van der Waals surface area contributed by atoms with Crippen molar-refractivity contribution in [2.24, 2.45) is 5.92 Å². The average molecular weight is 231 g/mol. The van der Waals surface area contributed by atoms with E-state index in [-0.39, 0.29) is 0 Å². The Bertz CT molecular complexity index is 140. The highest BCUT2D eigenvalue weighted by molar-refractivity contribution is 7.98. The lowest BCUT2D eigenvalue weighted by molar-refractivity contribution is 0.122. The molecule has 1 N–H and O–H groups in total. The third-order valence-corrected chi connectivity index (χ3v) is 3.34. The molecular formula is C12H25NOS. The molecule has 15 heavy (non-hydrogen) atoms. The average Bonchev–Trinajstić information content (AvgIpc) is 3.05. The van der Waals surface area contributed by atoms with Crippen molar-refractivity contribution in [1.82, 2.24) is 5.32 Å². The highest BCUT2D eigenvalue weighted by Gasteiger charge is 2.20. The van der Waals surface area contributed by atoms with Gasteiger partial charge in [0.25, 0.3) is 0 Å². The molecule has 1 fully saturated rings. The minimum atomic E-state index is 0.907. The fourth-order valence-corrected chi connectivity index (χ4v) is 1.95. The predicted molar refractivity (Wildman–Crippen MR) is 68.6 cm³/mol. The Hall–Kier alpha value is 0.270. The fourth-order valence-electron chi connectivity index (χ4n) is 1.46. The first-order chi connectivity index (χ1) is 7.43. The number of nitrogens with one attached hydrogen (secondary N) is 1. The first kappa shape index (κ1) is 13.3. The number of hydrogen-bond donors (Lipinski definition) is 1. The Balaban J connectivity index is 1.62. The number of unbranched alkanes of at least 4 members (excludes halogenated alkanes) is 1. The van der Waals surface area contributed by atoms with Gasteiger partial charge in [0.2, 0.25) is 0 Å². The zero-order chi connectivity index (χ0) is 10.8. The summed E-state index contributed by atoms with van der Waals surface area (Å²) in [6.45, 7) is 4.23. The van der Waals surface area contributed by atoms with Crippen molar-refractivity contribution in [2.75, 3.05) is 38.3 Å². The molecule has 0 aromatic carbocycles. The summed E-state index contributed by atoms with van der Waals surface area (Å²) >= 11 is 1.94. The second-order valence-electron chi connectivity index (χ2n) is 4.32. The van der Waals surface area contributed by atoms with Crippen molar-refractivity contribution in [1.29, 1.82) is 0 Å². The SMILES string of the molecule is CSCCCCNCCCOCC1CC1. The van der Waals surface area contributed by atoms with Crippen LogP contribution in [-0.4, -0.2) is 38.3 Å². The second-order valence-corrected chi connectivity index (χ2v) is 5.31. The second kappa shape index (κ2) is 9.49. The lowest BCUT2D eigenvalue weighted by atomic mass is 10.3. The van der Waals surface area contributed by atoms with Gasteiger partial charge in [0.1, 0.15) is 0 Å². The molecule has 2 nitrogen and oxygen atoms in total. The van der Waals surface area contributed by atoms with Gasteiger partial charge >= 0.3 is 0 Å². The van der Waals surface area contributed by atoms with Crippen LogP contribution in [0.1, 0.15) is 32.1 Å². The minimum absolute atomic E-state index is 0.907. The topological polar surface area (TPSA) is 21.3 Å². The first-order valence-corrected chi connectivity index (χ1v) is 7.60. The highest BCUT2D eigenvalue weighted by atomic mass is 32.2. The standard InChI is InChI=1S/C12H25NOS/c1-15-10-3-2-7-13-8-4-9-14-11-12-5-6-12/h12-13H,2-11H2,1H3. The van der Waals surface area contributed by atoms with Crippen molar-refractivity contribution in [3.05, 3.63) is 0 Å². The Morgan fingerprint density at radius 1 is 1.20 bits per heavy atom. The van der Waals surface area contributed by atoms with Crippen molar-refractivity contribution < 1.29 is 4.74 Å². The third kappa shape index (κ3) is 9.21.